The molecule has 0 saturated heterocycles. The minimum absolute atomic E-state index is 0.0479. The number of methoxy groups -OCH3 is 1. The van der Waals surface area contributed by atoms with Gasteiger partial charge in [-0.2, -0.15) is 5.26 Å². The van der Waals surface area contributed by atoms with Crippen molar-refractivity contribution in [3.05, 3.63) is 41.3 Å². The van der Waals surface area contributed by atoms with Crippen molar-refractivity contribution in [2.75, 3.05) is 11.8 Å². The average Bonchev–Trinajstić information content (AvgIpc) is 2.78. The summed E-state index contributed by atoms with van der Waals surface area (Å²) in [6, 6.07) is 7.90. The minimum Gasteiger partial charge on any atom is -0.497 e. The zero-order valence-corrected chi connectivity index (χ0v) is 12.6. The van der Waals surface area contributed by atoms with Crippen LogP contribution in [0.15, 0.2) is 33.6 Å². The van der Waals surface area contributed by atoms with Gasteiger partial charge in [0.05, 0.1) is 18.4 Å². The summed E-state index contributed by atoms with van der Waals surface area (Å²) < 4.78 is 37.4. The zero-order chi connectivity index (χ0) is 15.6. The Kier molecular flexibility index (Phi) is 3.91. The second-order valence-corrected chi connectivity index (χ2v) is 6.06. The summed E-state index contributed by atoms with van der Waals surface area (Å²) in [5.41, 5.74) is 0.368. The van der Waals surface area contributed by atoms with Gasteiger partial charge in [-0.1, -0.05) is 0 Å². The normalized spacial score (nSPS) is 11.0. The summed E-state index contributed by atoms with van der Waals surface area (Å²) in [5, 5.41) is 9.06. The number of anilines is 1. The standard InChI is InChI=1S/C14H14N2O4S/c1-9-6-14(10(2)20-9)21(17,18)16-13-7-12(19-3)5-4-11(13)8-15/h4-7,16H,1-3H3. The molecule has 0 fully saturated rings. The molecule has 0 aliphatic carbocycles. The van der Waals surface area contributed by atoms with Gasteiger partial charge < -0.3 is 9.15 Å². The Morgan fingerprint density at radius 3 is 2.52 bits per heavy atom. The van der Waals surface area contributed by atoms with Crippen LogP contribution >= 0.6 is 0 Å². The minimum atomic E-state index is -3.83. The number of nitrogens with zero attached hydrogens (tertiary/aromatic N) is 1. The molecule has 0 unspecified atom stereocenters. The second-order valence-electron chi connectivity index (χ2n) is 4.41. The Morgan fingerprint density at radius 1 is 1.29 bits per heavy atom. The summed E-state index contributed by atoms with van der Waals surface area (Å²) in [6.45, 7) is 3.23. The Hall–Kier alpha value is -2.46. The van der Waals surface area contributed by atoms with Crippen LogP contribution in [0.3, 0.4) is 0 Å². The van der Waals surface area contributed by atoms with Gasteiger partial charge in [-0.15, -0.1) is 0 Å². The molecule has 1 N–H and O–H groups in total. The van der Waals surface area contributed by atoms with Gasteiger partial charge in [0.2, 0.25) is 0 Å². The molecule has 0 atom stereocenters. The van der Waals surface area contributed by atoms with Crippen molar-refractivity contribution in [2.45, 2.75) is 18.7 Å². The molecular weight excluding hydrogens is 292 g/mol. The van der Waals surface area contributed by atoms with Gasteiger partial charge in [-0.05, 0) is 26.0 Å². The molecule has 6 nitrogen and oxygen atoms in total. The average molecular weight is 306 g/mol. The highest BCUT2D eigenvalue weighted by Crippen LogP contribution is 2.27. The van der Waals surface area contributed by atoms with Crippen molar-refractivity contribution in [2.24, 2.45) is 0 Å². The van der Waals surface area contributed by atoms with E-state index in [2.05, 4.69) is 4.72 Å². The van der Waals surface area contributed by atoms with Crippen LogP contribution in [-0.2, 0) is 10.0 Å². The van der Waals surface area contributed by atoms with Gasteiger partial charge >= 0.3 is 0 Å². The molecular formula is C14H14N2O4S. The number of ether oxygens (including phenoxy) is 1. The molecule has 0 saturated carbocycles. The first-order chi connectivity index (χ1) is 9.87. The number of nitriles is 1. The number of aryl methyl sites for hydroxylation is 2. The lowest BCUT2D eigenvalue weighted by atomic mass is 10.2. The van der Waals surface area contributed by atoms with Gasteiger partial charge in [-0.25, -0.2) is 8.42 Å². The SMILES string of the molecule is COc1ccc(C#N)c(NS(=O)(=O)c2cc(C)oc2C)c1. The summed E-state index contributed by atoms with van der Waals surface area (Å²) in [6.07, 6.45) is 0. The lowest BCUT2D eigenvalue weighted by molar-refractivity contribution is 0.415. The highest BCUT2D eigenvalue weighted by atomic mass is 32.2. The topological polar surface area (TPSA) is 92.3 Å². The van der Waals surface area contributed by atoms with Crippen molar-refractivity contribution in [3.63, 3.8) is 0 Å². The van der Waals surface area contributed by atoms with Crippen molar-refractivity contribution in [1.29, 1.82) is 5.26 Å². The van der Waals surface area contributed by atoms with Gasteiger partial charge in [0.15, 0.2) is 0 Å². The number of furan rings is 1. The predicted molar refractivity (Wildman–Crippen MR) is 76.7 cm³/mol. The molecule has 0 radical (unpaired) electrons. The summed E-state index contributed by atoms with van der Waals surface area (Å²) >= 11 is 0. The number of hydrogen-bond donors (Lipinski definition) is 1. The van der Waals surface area contributed by atoms with E-state index in [4.69, 9.17) is 14.4 Å². The van der Waals surface area contributed by atoms with Crippen LogP contribution < -0.4 is 9.46 Å². The molecule has 21 heavy (non-hydrogen) atoms. The lowest BCUT2D eigenvalue weighted by Gasteiger charge is -2.10. The molecule has 0 bridgehead atoms. The van der Waals surface area contributed by atoms with E-state index in [1.807, 2.05) is 6.07 Å². The van der Waals surface area contributed by atoms with E-state index < -0.39 is 10.0 Å². The van der Waals surface area contributed by atoms with Crippen molar-refractivity contribution < 1.29 is 17.6 Å². The Balaban J connectivity index is 2.46. The quantitative estimate of drug-likeness (QED) is 0.937. The lowest BCUT2D eigenvalue weighted by Crippen LogP contribution is -2.14. The zero-order valence-electron chi connectivity index (χ0n) is 11.8. The molecule has 2 rings (SSSR count). The van der Waals surface area contributed by atoms with E-state index in [1.54, 1.807) is 19.9 Å². The van der Waals surface area contributed by atoms with Gasteiger partial charge in [0.25, 0.3) is 10.0 Å². The molecule has 0 aliphatic heterocycles. The van der Waals surface area contributed by atoms with Gasteiger partial charge in [-0.3, -0.25) is 4.72 Å². The van der Waals surface area contributed by atoms with E-state index in [9.17, 15) is 8.42 Å². The van der Waals surface area contributed by atoms with Gasteiger partial charge in [0.1, 0.15) is 28.2 Å². The number of hydrogen-bond acceptors (Lipinski definition) is 5. The second kappa shape index (κ2) is 5.50. The third-order valence-corrected chi connectivity index (χ3v) is 4.35. The van der Waals surface area contributed by atoms with Gasteiger partial charge in [0, 0.05) is 12.1 Å². The van der Waals surface area contributed by atoms with E-state index >= 15 is 0 Å². The monoisotopic (exact) mass is 306 g/mol. The van der Waals surface area contributed by atoms with Crippen LogP contribution in [-0.4, -0.2) is 15.5 Å². The maximum Gasteiger partial charge on any atom is 0.265 e. The number of sulfonamides is 1. The largest absolute Gasteiger partial charge is 0.497 e. The molecule has 110 valence electrons. The molecule has 0 amide bonds. The van der Waals surface area contributed by atoms with Crippen LogP contribution in [0.5, 0.6) is 5.75 Å². The summed E-state index contributed by atoms with van der Waals surface area (Å²) in [4.78, 5) is 0.0479. The predicted octanol–water partition coefficient (Wildman–Crippen LogP) is 2.58. The molecule has 2 aromatic rings. The van der Waals surface area contributed by atoms with Crippen molar-refractivity contribution >= 4 is 15.7 Å². The van der Waals surface area contributed by atoms with E-state index in [0.29, 0.717) is 17.3 Å². The maximum absolute atomic E-state index is 12.4. The maximum atomic E-state index is 12.4. The smallest absolute Gasteiger partial charge is 0.265 e. The fraction of sp³-hybridized carbons (Fsp3) is 0.214. The van der Waals surface area contributed by atoms with Crippen LogP contribution in [0.25, 0.3) is 0 Å². The van der Waals surface area contributed by atoms with Crippen LogP contribution in [0.4, 0.5) is 5.69 Å². The molecule has 1 heterocycles. The van der Waals surface area contributed by atoms with Crippen LogP contribution in [0.2, 0.25) is 0 Å². The first kappa shape index (κ1) is 14.9. The molecule has 1 aromatic heterocycles. The summed E-state index contributed by atoms with van der Waals surface area (Å²) in [7, 11) is -2.37. The highest BCUT2D eigenvalue weighted by Gasteiger charge is 2.22. The van der Waals surface area contributed by atoms with Crippen LogP contribution in [0.1, 0.15) is 17.1 Å². The summed E-state index contributed by atoms with van der Waals surface area (Å²) in [5.74, 6) is 1.24. The van der Waals surface area contributed by atoms with E-state index in [0.717, 1.165) is 0 Å². The number of nitrogens with one attached hydrogen (secondary N) is 1. The van der Waals surface area contributed by atoms with Crippen molar-refractivity contribution in [1.82, 2.24) is 0 Å². The third-order valence-electron chi connectivity index (χ3n) is 2.88. The number of rotatable bonds is 4. The molecule has 7 heteroatoms. The molecule has 0 spiro atoms. The van der Waals surface area contributed by atoms with Crippen LogP contribution in [0, 0.1) is 25.2 Å². The Labute approximate surface area is 123 Å². The first-order valence-electron chi connectivity index (χ1n) is 6.05. The number of benzene rings is 1. The molecule has 0 aliphatic rings. The third kappa shape index (κ3) is 3.01. The first-order valence-corrected chi connectivity index (χ1v) is 7.53. The Morgan fingerprint density at radius 2 is 2.00 bits per heavy atom. The molecule has 1 aromatic carbocycles. The van der Waals surface area contributed by atoms with E-state index in [-0.39, 0.29) is 16.1 Å². The van der Waals surface area contributed by atoms with Crippen molar-refractivity contribution in [3.8, 4) is 11.8 Å². The fourth-order valence-corrected chi connectivity index (χ4v) is 3.22. The fourth-order valence-electron chi connectivity index (χ4n) is 1.91. The Bertz CT molecular complexity index is 816. The van der Waals surface area contributed by atoms with E-state index in [1.165, 1.54) is 25.3 Å². The highest BCUT2D eigenvalue weighted by molar-refractivity contribution is 7.92.